The Balaban J connectivity index is 3.48. The second-order valence-electron chi connectivity index (χ2n) is 3.36. The summed E-state index contributed by atoms with van der Waals surface area (Å²) in [6.45, 7) is 11.3. The van der Waals surface area contributed by atoms with E-state index in [4.69, 9.17) is 4.74 Å². The summed E-state index contributed by atoms with van der Waals surface area (Å²) < 4.78 is 5.11. The molecular formula is C9H16OSi. The summed E-state index contributed by atoms with van der Waals surface area (Å²) in [6, 6.07) is 0. The minimum absolute atomic E-state index is 0.538. The summed E-state index contributed by atoms with van der Waals surface area (Å²) in [7, 11) is -1.18. The normalized spacial score (nSPS) is 10.1. The van der Waals surface area contributed by atoms with Gasteiger partial charge in [-0.1, -0.05) is 31.6 Å². The molecule has 0 aliphatic carbocycles. The van der Waals surface area contributed by atoms with Gasteiger partial charge in [-0.3, -0.25) is 0 Å². The molecule has 11 heavy (non-hydrogen) atoms. The van der Waals surface area contributed by atoms with Crippen LogP contribution in [-0.2, 0) is 4.74 Å². The van der Waals surface area contributed by atoms with E-state index in [1.807, 2.05) is 0 Å². The highest BCUT2D eigenvalue weighted by molar-refractivity contribution is 6.83. The molecule has 0 rings (SSSR count). The number of rotatable bonds is 3. The zero-order valence-corrected chi connectivity index (χ0v) is 8.61. The Hall–Kier alpha value is -0.523. The predicted octanol–water partition coefficient (Wildman–Crippen LogP) is 2.07. The third-order valence-electron chi connectivity index (χ3n) is 0.873. The molecule has 0 amide bonds. The molecule has 0 aliphatic rings. The first kappa shape index (κ1) is 10.5. The van der Waals surface area contributed by atoms with E-state index in [0.29, 0.717) is 13.2 Å². The van der Waals surface area contributed by atoms with Gasteiger partial charge in [-0.15, -0.1) is 12.1 Å². The monoisotopic (exact) mass is 168 g/mol. The van der Waals surface area contributed by atoms with E-state index < -0.39 is 8.07 Å². The molecule has 0 fully saturated rings. The quantitative estimate of drug-likeness (QED) is 0.271. The Morgan fingerprint density at radius 3 is 2.55 bits per heavy atom. The van der Waals surface area contributed by atoms with Crippen LogP contribution in [0.1, 0.15) is 0 Å². The van der Waals surface area contributed by atoms with Gasteiger partial charge in [-0.2, -0.15) is 0 Å². The maximum absolute atomic E-state index is 5.11. The van der Waals surface area contributed by atoms with Gasteiger partial charge in [-0.25, -0.2) is 0 Å². The molecular weight excluding hydrogens is 152 g/mol. The smallest absolute Gasteiger partial charge is 0.129 e. The summed E-state index contributed by atoms with van der Waals surface area (Å²) in [6.07, 6.45) is 1.73. The molecule has 0 atom stereocenters. The summed E-state index contributed by atoms with van der Waals surface area (Å²) in [5.74, 6) is 3.00. The fraction of sp³-hybridized carbons (Fsp3) is 0.556. The van der Waals surface area contributed by atoms with Crippen molar-refractivity contribution in [2.75, 3.05) is 13.2 Å². The van der Waals surface area contributed by atoms with Gasteiger partial charge in [-0.05, 0) is 0 Å². The third kappa shape index (κ3) is 9.48. The average molecular weight is 168 g/mol. The Morgan fingerprint density at radius 2 is 2.09 bits per heavy atom. The minimum Gasteiger partial charge on any atom is -0.365 e. The SMILES string of the molecule is C=CCOCC#C[Si](C)(C)C. The molecule has 0 aliphatic heterocycles. The van der Waals surface area contributed by atoms with Crippen LogP contribution in [0.5, 0.6) is 0 Å². The molecule has 0 saturated carbocycles. The summed E-state index contributed by atoms with van der Waals surface area (Å²) in [4.78, 5) is 0. The second-order valence-corrected chi connectivity index (χ2v) is 8.11. The van der Waals surface area contributed by atoms with E-state index in [1.165, 1.54) is 0 Å². The minimum atomic E-state index is -1.18. The lowest BCUT2D eigenvalue weighted by molar-refractivity contribution is 0.199. The third-order valence-corrected chi connectivity index (χ3v) is 1.80. The van der Waals surface area contributed by atoms with Gasteiger partial charge in [0.05, 0.1) is 6.61 Å². The van der Waals surface area contributed by atoms with Crippen LogP contribution in [-0.4, -0.2) is 21.3 Å². The molecule has 0 saturated heterocycles. The highest BCUT2D eigenvalue weighted by Gasteiger charge is 2.06. The summed E-state index contributed by atoms with van der Waals surface area (Å²) in [5, 5.41) is 0. The molecule has 0 radical (unpaired) electrons. The summed E-state index contributed by atoms with van der Waals surface area (Å²) in [5.41, 5.74) is 3.21. The Morgan fingerprint density at radius 1 is 1.45 bits per heavy atom. The van der Waals surface area contributed by atoms with E-state index >= 15 is 0 Å². The van der Waals surface area contributed by atoms with Crippen molar-refractivity contribution in [3.63, 3.8) is 0 Å². The van der Waals surface area contributed by atoms with Gasteiger partial charge in [0.1, 0.15) is 14.7 Å². The molecule has 0 spiro atoms. The first-order valence-electron chi connectivity index (χ1n) is 3.75. The number of ether oxygens (including phenoxy) is 1. The number of hydrogen-bond acceptors (Lipinski definition) is 1. The van der Waals surface area contributed by atoms with Crippen LogP contribution < -0.4 is 0 Å². The van der Waals surface area contributed by atoms with Crippen molar-refractivity contribution >= 4 is 8.07 Å². The molecule has 1 nitrogen and oxygen atoms in total. The zero-order chi connectivity index (χ0) is 8.74. The molecule has 0 heterocycles. The zero-order valence-electron chi connectivity index (χ0n) is 7.61. The van der Waals surface area contributed by atoms with E-state index in [1.54, 1.807) is 6.08 Å². The van der Waals surface area contributed by atoms with Gasteiger partial charge in [0.15, 0.2) is 0 Å². The van der Waals surface area contributed by atoms with Crippen molar-refractivity contribution in [1.29, 1.82) is 0 Å². The Bertz CT molecular complexity index is 168. The van der Waals surface area contributed by atoms with E-state index in [9.17, 15) is 0 Å². The topological polar surface area (TPSA) is 9.23 Å². The lowest BCUT2D eigenvalue weighted by Crippen LogP contribution is -2.16. The highest BCUT2D eigenvalue weighted by atomic mass is 28.3. The van der Waals surface area contributed by atoms with Crippen molar-refractivity contribution in [3.8, 4) is 11.5 Å². The van der Waals surface area contributed by atoms with Gasteiger partial charge in [0, 0.05) is 0 Å². The molecule has 0 aromatic carbocycles. The fourth-order valence-electron chi connectivity index (χ4n) is 0.495. The first-order valence-corrected chi connectivity index (χ1v) is 7.25. The maximum Gasteiger partial charge on any atom is 0.129 e. The second kappa shape index (κ2) is 5.17. The van der Waals surface area contributed by atoms with Gasteiger partial charge < -0.3 is 4.74 Å². The standard InChI is InChI=1S/C9H16OSi/c1-5-7-10-8-6-9-11(2,3)4/h5H,1,7-8H2,2-4H3. The Kier molecular flexibility index (Phi) is 4.92. The average Bonchev–Trinajstić information content (AvgIpc) is 1.85. The van der Waals surface area contributed by atoms with E-state index in [0.717, 1.165) is 0 Å². The lowest BCUT2D eigenvalue weighted by atomic mass is 10.7. The predicted molar refractivity (Wildman–Crippen MR) is 52.1 cm³/mol. The van der Waals surface area contributed by atoms with Crippen LogP contribution in [0.2, 0.25) is 19.6 Å². The molecule has 2 heteroatoms. The van der Waals surface area contributed by atoms with Gasteiger partial charge in [0.25, 0.3) is 0 Å². The first-order chi connectivity index (χ1) is 5.06. The maximum atomic E-state index is 5.11. The van der Waals surface area contributed by atoms with Crippen molar-refractivity contribution in [3.05, 3.63) is 12.7 Å². The van der Waals surface area contributed by atoms with Crippen molar-refractivity contribution in [2.24, 2.45) is 0 Å². The van der Waals surface area contributed by atoms with Gasteiger partial charge in [0.2, 0.25) is 0 Å². The number of hydrogen-bond donors (Lipinski definition) is 0. The van der Waals surface area contributed by atoms with Crippen molar-refractivity contribution in [2.45, 2.75) is 19.6 Å². The lowest BCUT2D eigenvalue weighted by Gasteiger charge is -2.03. The molecule has 0 unspecified atom stereocenters. The molecule has 0 aromatic rings. The van der Waals surface area contributed by atoms with Crippen LogP contribution in [0.15, 0.2) is 12.7 Å². The van der Waals surface area contributed by atoms with Crippen molar-refractivity contribution < 1.29 is 4.74 Å². The van der Waals surface area contributed by atoms with Gasteiger partial charge >= 0.3 is 0 Å². The molecule has 0 N–H and O–H groups in total. The van der Waals surface area contributed by atoms with Crippen LogP contribution in [0.4, 0.5) is 0 Å². The molecule has 62 valence electrons. The van der Waals surface area contributed by atoms with E-state index in [2.05, 4.69) is 37.7 Å². The summed E-state index contributed by atoms with van der Waals surface area (Å²) >= 11 is 0. The van der Waals surface area contributed by atoms with Crippen LogP contribution in [0.3, 0.4) is 0 Å². The molecule has 0 aromatic heterocycles. The largest absolute Gasteiger partial charge is 0.365 e. The highest BCUT2D eigenvalue weighted by Crippen LogP contribution is 1.95. The van der Waals surface area contributed by atoms with Crippen LogP contribution in [0, 0.1) is 11.5 Å². The Labute approximate surface area is 70.5 Å². The fourth-order valence-corrected chi connectivity index (χ4v) is 1.10. The molecule has 0 bridgehead atoms. The van der Waals surface area contributed by atoms with Crippen LogP contribution >= 0.6 is 0 Å². The van der Waals surface area contributed by atoms with E-state index in [-0.39, 0.29) is 0 Å². The van der Waals surface area contributed by atoms with Crippen molar-refractivity contribution in [1.82, 2.24) is 0 Å². The van der Waals surface area contributed by atoms with Crippen LogP contribution in [0.25, 0.3) is 0 Å².